The van der Waals surface area contributed by atoms with Gasteiger partial charge in [-0.15, -0.1) is 0 Å². The fraction of sp³-hybridized carbons (Fsp3) is 0.200. The molecule has 0 saturated heterocycles. The topological polar surface area (TPSA) is 116 Å². The zero-order valence-electron chi connectivity index (χ0n) is 12.6. The van der Waals surface area contributed by atoms with Gasteiger partial charge in [0, 0.05) is 11.6 Å². The van der Waals surface area contributed by atoms with Crippen LogP contribution in [0.25, 0.3) is 33.4 Å². The Balaban J connectivity index is 2.05. The molecule has 0 aliphatic rings. The molecule has 0 fully saturated rings. The van der Waals surface area contributed by atoms with Gasteiger partial charge in [0.15, 0.2) is 11.2 Å². The predicted octanol–water partition coefficient (Wildman–Crippen LogP) is 2.09. The second-order valence-electron chi connectivity index (χ2n) is 5.55. The first-order chi connectivity index (χ1) is 11.0. The van der Waals surface area contributed by atoms with Crippen molar-refractivity contribution < 1.29 is 4.42 Å². The van der Waals surface area contributed by atoms with Gasteiger partial charge in [-0.2, -0.15) is 10.1 Å². The second-order valence-corrected chi connectivity index (χ2v) is 5.55. The van der Waals surface area contributed by atoms with E-state index in [1.165, 1.54) is 6.33 Å². The average molecular weight is 310 g/mol. The number of nitrogens with zero attached hydrogens (tertiary/aromatic N) is 4. The summed E-state index contributed by atoms with van der Waals surface area (Å²) in [5.41, 5.74) is 8.43. The number of oxazole rings is 1. The number of nitrogens with one attached hydrogen (secondary N) is 1. The van der Waals surface area contributed by atoms with Crippen LogP contribution in [-0.2, 0) is 0 Å². The SMILES string of the molecule is CC(C)n1nc(-c2ccc3oc(N)nc3c2)c2c(=O)[nH]cnc21. The highest BCUT2D eigenvalue weighted by atomic mass is 16.4. The molecule has 0 amide bonds. The number of rotatable bonds is 2. The number of anilines is 1. The molecule has 23 heavy (non-hydrogen) atoms. The van der Waals surface area contributed by atoms with Crippen molar-refractivity contribution in [3.05, 3.63) is 34.9 Å². The number of benzene rings is 1. The summed E-state index contributed by atoms with van der Waals surface area (Å²) in [6.07, 6.45) is 1.39. The molecule has 4 aromatic rings. The molecule has 3 N–H and O–H groups in total. The van der Waals surface area contributed by atoms with E-state index in [0.717, 1.165) is 5.56 Å². The third-order valence-corrected chi connectivity index (χ3v) is 3.66. The van der Waals surface area contributed by atoms with E-state index in [4.69, 9.17) is 10.2 Å². The van der Waals surface area contributed by atoms with E-state index in [1.807, 2.05) is 19.9 Å². The van der Waals surface area contributed by atoms with Gasteiger partial charge >= 0.3 is 0 Å². The molecule has 0 spiro atoms. The quantitative estimate of drug-likeness (QED) is 0.585. The van der Waals surface area contributed by atoms with E-state index in [0.29, 0.717) is 27.8 Å². The van der Waals surface area contributed by atoms with Crippen LogP contribution < -0.4 is 11.3 Å². The molecule has 4 rings (SSSR count). The first-order valence-electron chi connectivity index (χ1n) is 7.17. The minimum absolute atomic E-state index is 0.0759. The molecule has 0 radical (unpaired) electrons. The van der Waals surface area contributed by atoms with Gasteiger partial charge in [0.1, 0.15) is 16.6 Å². The summed E-state index contributed by atoms with van der Waals surface area (Å²) >= 11 is 0. The maximum absolute atomic E-state index is 12.3. The lowest BCUT2D eigenvalue weighted by atomic mass is 10.1. The third-order valence-electron chi connectivity index (χ3n) is 3.66. The van der Waals surface area contributed by atoms with Crippen LogP contribution in [0.3, 0.4) is 0 Å². The van der Waals surface area contributed by atoms with Crippen molar-refractivity contribution >= 4 is 28.1 Å². The van der Waals surface area contributed by atoms with Crippen LogP contribution in [0.4, 0.5) is 6.01 Å². The Morgan fingerprint density at radius 1 is 1.35 bits per heavy atom. The normalized spacial score (nSPS) is 11.8. The van der Waals surface area contributed by atoms with Crippen molar-refractivity contribution in [2.75, 3.05) is 5.73 Å². The molecule has 8 heteroatoms. The second kappa shape index (κ2) is 4.67. The molecule has 8 nitrogen and oxygen atoms in total. The first kappa shape index (κ1) is 13.5. The van der Waals surface area contributed by atoms with Crippen LogP contribution >= 0.6 is 0 Å². The molecule has 1 aromatic carbocycles. The van der Waals surface area contributed by atoms with Gasteiger partial charge in [0.25, 0.3) is 11.6 Å². The molecular weight excluding hydrogens is 296 g/mol. The number of aromatic nitrogens is 5. The fourth-order valence-electron chi connectivity index (χ4n) is 2.64. The number of H-pyrrole nitrogens is 1. The van der Waals surface area contributed by atoms with E-state index in [2.05, 4.69) is 20.1 Å². The van der Waals surface area contributed by atoms with E-state index in [1.54, 1.807) is 16.8 Å². The van der Waals surface area contributed by atoms with Crippen molar-refractivity contribution in [3.8, 4) is 11.3 Å². The smallest absolute Gasteiger partial charge is 0.292 e. The molecule has 0 aliphatic heterocycles. The zero-order chi connectivity index (χ0) is 16.1. The predicted molar refractivity (Wildman–Crippen MR) is 85.9 cm³/mol. The van der Waals surface area contributed by atoms with Gasteiger partial charge < -0.3 is 15.1 Å². The van der Waals surface area contributed by atoms with Gasteiger partial charge in [0.2, 0.25) is 0 Å². The van der Waals surface area contributed by atoms with Crippen molar-refractivity contribution in [3.63, 3.8) is 0 Å². The lowest BCUT2D eigenvalue weighted by Gasteiger charge is -2.04. The highest BCUT2D eigenvalue weighted by Gasteiger charge is 2.18. The minimum Gasteiger partial charge on any atom is -0.424 e. The number of fused-ring (bicyclic) bond motifs is 2. The third kappa shape index (κ3) is 1.99. The largest absolute Gasteiger partial charge is 0.424 e. The van der Waals surface area contributed by atoms with Gasteiger partial charge in [-0.1, -0.05) is 0 Å². The number of nitrogens with two attached hydrogens (primary N) is 1. The van der Waals surface area contributed by atoms with Crippen molar-refractivity contribution in [1.29, 1.82) is 0 Å². The molecular formula is C15H14N6O2. The van der Waals surface area contributed by atoms with Gasteiger partial charge in [-0.05, 0) is 32.0 Å². The van der Waals surface area contributed by atoms with Crippen LogP contribution in [0.15, 0.2) is 33.7 Å². The average Bonchev–Trinajstić information content (AvgIpc) is 3.06. The maximum Gasteiger partial charge on any atom is 0.292 e. The van der Waals surface area contributed by atoms with Gasteiger partial charge in [-0.3, -0.25) is 4.79 Å². The van der Waals surface area contributed by atoms with Crippen LogP contribution in [0.2, 0.25) is 0 Å². The van der Waals surface area contributed by atoms with Crippen molar-refractivity contribution in [2.45, 2.75) is 19.9 Å². The van der Waals surface area contributed by atoms with E-state index in [-0.39, 0.29) is 17.6 Å². The zero-order valence-corrected chi connectivity index (χ0v) is 12.6. The summed E-state index contributed by atoms with van der Waals surface area (Å²) in [6, 6.07) is 5.57. The summed E-state index contributed by atoms with van der Waals surface area (Å²) in [5.74, 6) is 0. The van der Waals surface area contributed by atoms with Crippen LogP contribution in [-0.4, -0.2) is 24.7 Å². The molecule has 0 bridgehead atoms. The van der Waals surface area contributed by atoms with Gasteiger partial charge in [-0.25, -0.2) is 9.67 Å². The summed E-state index contributed by atoms with van der Waals surface area (Å²) in [7, 11) is 0. The fourth-order valence-corrected chi connectivity index (χ4v) is 2.64. The highest BCUT2D eigenvalue weighted by molar-refractivity contribution is 5.93. The highest BCUT2D eigenvalue weighted by Crippen LogP contribution is 2.29. The standard InChI is InChI=1S/C15H14N6O2/c1-7(2)21-13-11(14(22)18-6-17-13)12(20-21)8-3-4-10-9(5-8)19-15(16)23-10/h3-7H,1-2H3,(H2,16,19)(H,17,18,22). The molecule has 0 saturated carbocycles. The van der Waals surface area contributed by atoms with E-state index in [9.17, 15) is 4.79 Å². The lowest BCUT2D eigenvalue weighted by molar-refractivity contribution is 0.548. The van der Waals surface area contributed by atoms with Crippen molar-refractivity contribution in [1.82, 2.24) is 24.7 Å². The first-order valence-corrected chi connectivity index (χ1v) is 7.17. The van der Waals surface area contributed by atoms with Crippen molar-refractivity contribution in [2.24, 2.45) is 0 Å². The van der Waals surface area contributed by atoms with Crippen LogP contribution in [0, 0.1) is 0 Å². The van der Waals surface area contributed by atoms with Crippen LogP contribution in [0.1, 0.15) is 19.9 Å². The number of hydrogen-bond donors (Lipinski definition) is 2. The summed E-state index contributed by atoms with van der Waals surface area (Å²) in [5, 5.41) is 5.03. The van der Waals surface area contributed by atoms with E-state index >= 15 is 0 Å². The Morgan fingerprint density at radius 2 is 2.17 bits per heavy atom. The monoisotopic (exact) mass is 310 g/mol. The molecule has 3 heterocycles. The number of nitrogen functional groups attached to an aromatic ring is 1. The molecule has 0 atom stereocenters. The molecule has 3 aromatic heterocycles. The lowest BCUT2D eigenvalue weighted by Crippen LogP contribution is -2.08. The Morgan fingerprint density at radius 3 is 2.96 bits per heavy atom. The van der Waals surface area contributed by atoms with E-state index < -0.39 is 0 Å². The Bertz CT molecular complexity index is 1090. The summed E-state index contributed by atoms with van der Waals surface area (Å²) in [4.78, 5) is 23.3. The Hall–Kier alpha value is -3.16. The van der Waals surface area contributed by atoms with Crippen LogP contribution in [0.5, 0.6) is 0 Å². The Labute approximate surface area is 130 Å². The molecule has 0 aliphatic carbocycles. The minimum atomic E-state index is -0.225. The maximum atomic E-state index is 12.3. The summed E-state index contributed by atoms with van der Waals surface area (Å²) in [6.45, 7) is 3.97. The summed E-state index contributed by atoms with van der Waals surface area (Å²) < 4.78 is 7.01. The van der Waals surface area contributed by atoms with Gasteiger partial charge in [0.05, 0.1) is 6.33 Å². The Kier molecular flexibility index (Phi) is 2.74. The molecule has 0 unspecified atom stereocenters. The number of hydrogen-bond acceptors (Lipinski definition) is 6. The molecule has 116 valence electrons. The number of aromatic amines is 1.